The molecule has 0 radical (unpaired) electrons. The Morgan fingerprint density at radius 1 is 1.77 bits per heavy atom. The molecule has 1 heterocycles. The van der Waals surface area contributed by atoms with Crippen molar-refractivity contribution in [3.63, 3.8) is 0 Å². The molecule has 0 aliphatic heterocycles. The zero-order chi connectivity index (χ0) is 9.84. The SMILES string of the molecule is Cc1noc(CNC(=O)[C@@H](C)N)n1. The van der Waals surface area contributed by atoms with Crippen LogP contribution in [0.5, 0.6) is 0 Å². The third kappa shape index (κ3) is 2.83. The van der Waals surface area contributed by atoms with E-state index in [9.17, 15) is 4.79 Å². The summed E-state index contributed by atoms with van der Waals surface area (Å²) in [6.45, 7) is 3.54. The van der Waals surface area contributed by atoms with Crippen LogP contribution in [0.2, 0.25) is 0 Å². The van der Waals surface area contributed by atoms with Gasteiger partial charge in [-0.25, -0.2) is 0 Å². The van der Waals surface area contributed by atoms with Crippen LogP contribution in [0.3, 0.4) is 0 Å². The van der Waals surface area contributed by atoms with Crippen LogP contribution < -0.4 is 11.1 Å². The molecule has 0 aliphatic carbocycles. The van der Waals surface area contributed by atoms with Gasteiger partial charge in [-0.05, 0) is 13.8 Å². The molecule has 6 nitrogen and oxygen atoms in total. The van der Waals surface area contributed by atoms with Gasteiger partial charge >= 0.3 is 0 Å². The van der Waals surface area contributed by atoms with Crippen molar-refractivity contribution in [3.05, 3.63) is 11.7 Å². The van der Waals surface area contributed by atoms with Crippen molar-refractivity contribution in [2.24, 2.45) is 5.73 Å². The van der Waals surface area contributed by atoms with Gasteiger partial charge in [0.25, 0.3) is 0 Å². The molecule has 13 heavy (non-hydrogen) atoms. The Hall–Kier alpha value is -1.43. The number of nitrogens with two attached hydrogens (primary N) is 1. The Bertz CT molecular complexity index is 294. The van der Waals surface area contributed by atoms with E-state index in [2.05, 4.69) is 15.5 Å². The number of carbonyl (C=O) groups is 1. The smallest absolute Gasteiger partial charge is 0.246 e. The van der Waals surface area contributed by atoms with E-state index in [1.165, 1.54) is 0 Å². The molecule has 1 rings (SSSR count). The van der Waals surface area contributed by atoms with Gasteiger partial charge in [-0.3, -0.25) is 4.79 Å². The summed E-state index contributed by atoms with van der Waals surface area (Å²) in [5, 5.41) is 6.12. The maximum Gasteiger partial charge on any atom is 0.246 e. The molecule has 1 aromatic heterocycles. The van der Waals surface area contributed by atoms with Crippen LogP contribution in [0.4, 0.5) is 0 Å². The summed E-state index contributed by atoms with van der Waals surface area (Å²) in [5.41, 5.74) is 5.33. The summed E-state index contributed by atoms with van der Waals surface area (Å²) >= 11 is 0. The summed E-state index contributed by atoms with van der Waals surface area (Å²) in [6.07, 6.45) is 0. The van der Waals surface area contributed by atoms with Gasteiger partial charge in [-0.2, -0.15) is 4.98 Å². The number of amides is 1. The highest BCUT2D eigenvalue weighted by Gasteiger charge is 2.08. The fourth-order valence-corrected chi connectivity index (χ4v) is 0.736. The number of aryl methyl sites for hydroxylation is 1. The Labute approximate surface area is 75.5 Å². The van der Waals surface area contributed by atoms with Gasteiger partial charge < -0.3 is 15.6 Å². The van der Waals surface area contributed by atoms with Gasteiger partial charge in [0.15, 0.2) is 5.82 Å². The number of nitrogens with zero attached hydrogens (tertiary/aromatic N) is 2. The molecule has 0 saturated heterocycles. The standard InChI is InChI=1S/C7H12N4O2/c1-4(8)7(12)9-3-6-10-5(2)11-13-6/h4H,3,8H2,1-2H3,(H,9,12)/t4-/m1/s1. The predicted molar refractivity (Wildman–Crippen MR) is 44.5 cm³/mol. The van der Waals surface area contributed by atoms with E-state index >= 15 is 0 Å². The Balaban J connectivity index is 2.39. The average molecular weight is 184 g/mol. The minimum atomic E-state index is -0.524. The normalized spacial score (nSPS) is 12.5. The lowest BCUT2D eigenvalue weighted by molar-refractivity contribution is -0.122. The van der Waals surface area contributed by atoms with E-state index in [4.69, 9.17) is 10.3 Å². The van der Waals surface area contributed by atoms with E-state index in [0.717, 1.165) is 0 Å². The molecule has 3 N–H and O–H groups in total. The second kappa shape index (κ2) is 3.99. The summed E-state index contributed by atoms with van der Waals surface area (Å²) < 4.78 is 4.78. The molecular weight excluding hydrogens is 172 g/mol. The molecule has 72 valence electrons. The molecule has 6 heteroatoms. The quantitative estimate of drug-likeness (QED) is 0.650. The van der Waals surface area contributed by atoms with Crippen LogP contribution in [0, 0.1) is 6.92 Å². The van der Waals surface area contributed by atoms with Crippen molar-refractivity contribution >= 4 is 5.91 Å². The number of hydrogen-bond donors (Lipinski definition) is 2. The summed E-state index contributed by atoms with van der Waals surface area (Å²) in [6, 6.07) is -0.524. The zero-order valence-corrected chi connectivity index (χ0v) is 7.57. The molecule has 0 aliphatic rings. The van der Waals surface area contributed by atoms with Crippen molar-refractivity contribution in [1.82, 2.24) is 15.5 Å². The molecule has 0 spiro atoms. The zero-order valence-electron chi connectivity index (χ0n) is 7.57. The van der Waals surface area contributed by atoms with E-state index in [1.807, 2.05) is 0 Å². The van der Waals surface area contributed by atoms with Crippen LogP contribution in [-0.2, 0) is 11.3 Å². The number of carbonyl (C=O) groups excluding carboxylic acids is 1. The maximum atomic E-state index is 11.0. The molecule has 0 unspecified atom stereocenters. The van der Waals surface area contributed by atoms with Gasteiger partial charge in [0.05, 0.1) is 12.6 Å². The molecule has 0 fully saturated rings. The molecule has 1 atom stereocenters. The minimum absolute atomic E-state index is 0.223. The van der Waals surface area contributed by atoms with Crippen molar-refractivity contribution < 1.29 is 9.32 Å². The lowest BCUT2D eigenvalue weighted by atomic mass is 10.3. The second-order valence-corrected chi connectivity index (χ2v) is 2.74. The fraction of sp³-hybridized carbons (Fsp3) is 0.571. The highest BCUT2D eigenvalue weighted by Crippen LogP contribution is 1.94. The maximum absolute atomic E-state index is 11.0. The Kier molecular flexibility index (Phi) is 2.97. The number of rotatable bonds is 3. The molecule has 1 amide bonds. The monoisotopic (exact) mass is 184 g/mol. The second-order valence-electron chi connectivity index (χ2n) is 2.74. The third-order valence-electron chi connectivity index (χ3n) is 1.40. The first-order chi connectivity index (χ1) is 6.09. The Morgan fingerprint density at radius 3 is 2.92 bits per heavy atom. The van der Waals surface area contributed by atoms with E-state index < -0.39 is 6.04 Å². The van der Waals surface area contributed by atoms with Gasteiger partial charge in [0, 0.05) is 0 Å². The van der Waals surface area contributed by atoms with Gasteiger partial charge in [-0.15, -0.1) is 0 Å². The Morgan fingerprint density at radius 2 is 2.46 bits per heavy atom. The molecular formula is C7H12N4O2. The van der Waals surface area contributed by atoms with Crippen molar-refractivity contribution in [2.75, 3.05) is 0 Å². The number of nitrogens with one attached hydrogen (secondary N) is 1. The van der Waals surface area contributed by atoms with Gasteiger partial charge in [-0.1, -0.05) is 5.16 Å². The minimum Gasteiger partial charge on any atom is -0.346 e. The largest absolute Gasteiger partial charge is 0.346 e. The number of aromatic nitrogens is 2. The summed E-state index contributed by atoms with van der Waals surface area (Å²) in [5.74, 6) is 0.687. The van der Waals surface area contributed by atoms with Crippen LogP contribution in [0.15, 0.2) is 4.52 Å². The van der Waals surface area contributed by atoms with Crippen molar-refractivity contribution in [3.8, 4) is 0 Å². The van der Waals surface area contributed by atoms with E-state index in [-0.39, 0.29) is 12.5 Å². The summed E-state index contributed by atoms with van der Waals surface area (Å²) in [4.78, 5) is 14.9. The summed E-state index contributed by atoms with van der Waals surface area (Å²) in [7, 11) is 0. The lowest BCUT2D eigenvalue weighted by Crippen LogP contribution is -2.37. The highest BCUT2D eigenvalue weighted by atomic mass is 16.5. The first-order valence-electron chi connectivity index (χ1n) is 3.92. The third-order valence-corrected chi connectivity index (χ3v) is 1.40. The average Bonchev–Trinajstić information content (AvgIpc) is 2.47. The highest BCUT2D eigenvalue weighted by molar-refractivity contribution is 5.80. The van der Waals surface area contributed by atoms with Crippen molar-refractivity contribution in [2.45, 2.75) is 26.4 Å². The first kappa shape index (κ1) is 9.66. The predicted octanol–water partition coefficient (Wildman–Crippen LogP) is -0.659. The van der Waals surface area contributed by atoms with Gasteiger partial charge in [0.1, 0.15) is 0 Å². The first-order valence-corrected chi connectivity index (χ1v) is 3.92. The van der Waals surface area contributed by atoms with Crippen LogP contribution >= 0.6 is 0 Å². The van der Waals surface area contributed by atoms with E-state index in [0.29, 0.717) is 11.7 Å². The van der Waals surface area contributed by atoms with Crippen LogP contribution in [-0.4, -0.2) is 22.1 Å². The van der Waals surface area contributed by atoms with Crippen LogP contribution in [0.1, 0.15) is 18.6 Å². The molecule has 0 saturated carbocycles. The van der Waals surface area contributed by atoms with Crippen molar-refractivity contribution in [1.29, 1.82) is 0 Å². The fourth-order valence-electron chi connectivity index (χ4n) is 0.736. The molecule has 0 bridgehead atoms. The number of hydrogen-bond acceptors (Lipinski definition) is 5. The lowest BCUT2D eigenvalue weighted by Gasteiger charge is -2.03. The molecule has 1 aromatic rings. The van der Waals surface area contributed by atoms with Gasteiger partial charge in [0.2, 0.25) is 11.8 Å². The van der Waals surface area contributed by atoms with E-state index in [1.54, 1.807) is 13.8 Å². The molecule has 0 aromatic carbocycles. The topological polar surface area (TPSA) is 94.0 Å². The van der Waals surface area contributed by atoms with Crippen LogP contribution in [0.25, 0.3) is 0 Å².